The Balaban J connectivity index is 2.67. The fraction of sp³-hybridized carbons (Fsp3) is 1.00. The quantitative estimate of drug-likeness (QED) is 0.749. The van der Waals surface area contributed by atoms with E-state index in [9.17, 15) is 0 Å². The molecule has 0 amide bonds. The largest absolute Gasteiger partial charge is 0.313 e. The van der Waals surface area contributed by atoms with Gasteiger partial charge in [-0.1, -0.05) is 59.8 Å². The summed E-state index contributed by atoms with van der Waals surface area (Å²) in [5.41, 5.74) is 0. The molecule has 2 heteroatoms. The molecule has 1 aliphatic rings. The maximum Gasteiger partial charge on any atom is 0.0249 e. The van der Waals surface area contributed by atoms with Gasteiger partial charge in [-0.25, -0.2) is 0 Å². The van der Waals surface area contributed by atoms with E-state index in [-0.39, 0.29) is 0 Å². The van der Waals surface area contributed by atoms with Gasteiger partial charge in [-0.3, -0.25) is 4.90 Å². The molecular weight excluding hydrogens is 232 g/mol. The second-order valence-electron chi connectivity index (χ2n) is 6.32. The molecule has 0 radical (unpaired) electrons. The molecule has 0 aromatic carbocycles. The number of hydrogen-bond donors (Lipinski definition) is 1. The first-order chi connectivity index (χ1) is 9.22. The molecule has 0 spiro atoms. The Morgan fingerprint density at radius 1 is 1.05 bits per heavy atom. The Hall–Kier alpha value is -0.0800. The Morgan fingerprint density at radius 2 is 1.74 bits per heavy atom. The van der Waals surface area contributed by atoms with Crippen LogP contribution in [0.1, 0.15) is 72.6 Å². The van der Waals surface area contributed by atoms with Crippen molar-refractivity contribution in [2.24, 2.45) is 5.92 Å². The fourth-order valence-electron chi connectivity index (χ4n) is 3.43. The monoisotopic (exact) mass is 268 g/mol. The van der Waals surface area contributed by atoms with Crippen molar-refractivity contribution < 1.29 is 0 Å². The van der Waals surface area contributed by atoms with Crippen LogP contribution >= 0.6 is 0 Å². The van der Waals surface area contributed by atoms with Crippen molar-refractivity contribution in [2.75, 3.05) is 19.6 Å². The molecule has 1 aliphatic carbocycles. The zero-order valence-electron chi connectivity index (χ0n) is 13.8. The van der Waals surface area contributed by atoms with Crippen LogP contribution in [0.3, 0.4) is 0 Å². The van der Waals surface area contributed by atoms with Gasteiger partial charge in [-0.2, -0.15) is 0 Å². The molecule has 0 aromatic rings. The molecule has 0 saturated heterocycles. The molecule has 3 atom stereocenters. The normalized spacial score (nSPS) is 27.0. The molecule has 19 heavy (non-hydrogen) atoms. The number of likely N-dealkylation sites (N-methyl/N-ethyl adjacent to an activating group) is 2. The minimum atomic E-state index is 0.717. The summed E-state index contributed by atoms with van der Waals surface area (Å²) in [4.78, 5) is 2.76. The number of hydrogen-bond acceptors (Lipinski definition) is 2. The van der Waals surface area contributed by atoms with Gasteiger partial charge in [-0.05, 0) is 31.8 Å². The highest BCUT2D eigenvalue weighted by molar-refractivity contribution is 4.86. The van der Waals surface area contributed by atoms with Gasteiger partial charge in [0.2, 0.25) is 0 Å². The third-order valence-electron chi connectivity index (χ3n) is 4.81. The molecule has 0 aromatic heterocycles. The predicted octanol–water partition coefficient (Wildman–Crippen LogP) is 4.06. The summed E-state index contributed by atoms with van der Waals surface area (Å²) in [5, 5.41) is 3.77. The van der Waals surface area contributed by atoms with Crippen LogP contribution < -0.4 is 5.32 Å². The van der Waals surface area contributed by atoms with Gasteiger partial charge in [0.05, 0.1) is 0 Å². The van der Waals surface area contributed by atoms with Crippen molar-refractivity contribution in [3.05, 3.63) is 0 Å². The standard InChI is InChI=1S/C17H36N2/c1-5-15(4)14-19(7-3)17-13-11-9-8-10-12-16(17)18-6-2/h15-18H,5-14H2,1-4H3. The first kappa shape index (κ1) is 17.0. The SMILES string of the molecule is CCNC1CCCCCCC1N(CC)CC(C)CC. The van der Waals surface area contributed by atoms with Crippen LogP contribution in [-0.4, -0.2) is 36.6 Å². The van der Waals surface area contributed by atoms with Crippen molar-refractivity contribution in [3.8, 4) is 0 Å². The molecule has 114 valence electrons. The maximum absolute atomic E-state index is 3.77. The lowest BCUT2D eigenvalue weighted by Crippen LogP contribution is -2.51. The molecule has 2 nitrogen and oxygen atoms in total. The summed E-state index contributed by atoms with van der Waals surface area (Å²) < 4.78 is 0. The highest BCUT2D eigenvalue weighted by Crippen LogP contribution is 2.23. The lowest BCUT2D eigenvalue weighted by atomic mass is 9.90. The van der Waals surface area contributed by atoms with Crippen LogP contribution in [0.25, 0.3) is 0 Å². The minimum absolute atomic E-state index is 0.717. The average Bonchev–Trinajstić information content (AvgIpc) is 2.40. The summed E-state index contributed by atoms with van der Waals surface area (Å²) in [6.07, 6.45) is 9.77. The van der Waals surface area contributed by atoms with Crippen LogP contribution in [0.2, 0.25) is 0 Å². The molecule has 1 N–H and O–H groups in total. The van der Waals surface area contributed by atoms with E-state index in [1.54, 1.807) is 0 Å². The molecule has 3 unspecified atom stereocenters. The second-order valence-corrected chi connectivity index (χ2v) is 6.32. The van der Waals surface area contributed by atoms with Crippen LogP contribution in [0.15, 0.2) is 0 Å². The van der Waals surface area contributed by atoms with Crippen LogP contribution in [0.4, 0.5) is 0 Å². The summed E-state index contributed by atoms with van der Waals surface area (Å²) in [6.45, 7) is 12.9. The van der Waals surface area contributed by atoms with Crippen molar-refractivity contribution in [1.29, 1.82) is 0 Å². The number of rotatable bonds is 7. The Kier molecular flexibility index (Phi) is 8.72. The van der Waals surface area contributed by atoms with Gasteiger partial charge in [0.1, 0.15) is 0 Å². The molecule has 0 bridgehead atoms. The van der Waals surface area contributed by atoms with Crippen molar-refractivity contribution in [1.82, 2.24) is 10.2 Å². The van der Waals surface area contributed by atoms with E-state index in [4.69, 9.17) is 0 Å². The molecular formula is C17H36N2. The third kappa shape index (κ3) is 5.83. The van der Waals surface area contributed by atoms with E-state index in [1.165, 1.54) is 58.0 Å². The van der Waals surface area contributed by atoms with Crippen molar-refractivity contribution in [3.63, 3.8) is 0 Å². The zero-order valence-corrected chi connectivity index (χ0v) is 13.8. The van der Waals surface area contributed by atoms with Gasteiger partial charge >= 0.3 is 0 Å². The number of nitrogens with one attached hydrogen (secondary N) is 1. The van der Waals surface area contributed by atoms with E-state index >= 15 is 0 Å². The molecule has 1 saturated carbocycles. The smallest absolute Gasteiger partial charge is 0.0249 e. The predicted molar refractivity (Wildman–Crippen MR) is 85.7 cm³/mol. The first-order valence-electron chi connectivity index (χ1n) is 8.70. The average molecular weight is 268 g/mol. The van der Waals surface area contributed by atoms with E-state index in [1.807, 2.05) is 0 Å². The van der Waals surface area contributed by atoms with E-state index in [2.05, 4.69) is 37.9 Å². The summed E-state index contributed by atoms with van der Waals surface area (Å²) in [6, 6.07) is 1.48. The lowest BCUT2D eigenvalue weighted by molar-refractivity contribution is 0.122. The Bertz CT molecular complexity index is 217. The molecule has 0 heterocycles. The second kappa shape index (κ2) is 9.77. The van der Waals surface area contributed by atoms with Gasteiger partial charge in [0.15, 0.2) is 0 Å². The van der Waals surface area contributed by atoms with Gasteiger partial charge < -0.3 is 5.32 Å². The van der Waals surface area contributed by atoms with Gasteiger partial charge in [0, 0.05) is 18.6 Å². The van der Waals surface area contributed by atoms with Crippen molar-refractivity contribution in [2.45, 2.75) is 84.7 Å². The van der Waals surface area contributed by atoms with Crippen LogP contribution in [-0.2, 0) is 0 Å². The Labute approximate surface area is 121 Å². The van der Waals surface area contributed by atoms with Gasteiger partial charge in [0.25, 0.3) is 0 Å². The van der Waals surface area contributed by atoms with E-state index in [0.29, 0.717) is 6.04 Å². The topological polar surface area (TPSA) is 15.3 Å². The minimum Gasteiger partial charge on any atom is -0.313 e. The van der Waals surface area contributed by atoms with E-state index in [0.717, 1.165) is 18.5 Å². The first-order valence-corrected chi connectivity index (χ1v) is 8.70. The Morgan fingerprint density at radius 3 is 2.32 bits per heavy atom. The lowest BCUT2D eigenvalue weighted by Gasteiger charge is -2.39. The summed E-state index contributed by atoms with van der Waals surface area (Å²) in [7, 11) is 0. The van der Waals surface area contributed by atoms with Crippen LogP contribution in [0, 0.1) is 5.92 Å². The highest BCUT2D eigenvalue weighted by Gasteiger charge is 2.27. The maximum atomic E-state index is 3.77. The number of nitrogens with zero attached hydrogens (tertiary/aromatic N) is 1. The fourth-order valence-corrected chi connectivity index (χ4v) is 3.43. The summed E-state index contributed by atoms with van der Waals surface area (Å²) >= 11 is 0. The highest BCUT2D eigenvalue weighted by atomic mass is 15.2. The zero-order chi connectivity index (χ0) is 14.1. The molecule has 1 fully saturated rings. The van der Waals surface area contributed by atoms with Crippen molar-refractivity contribution >= 4 is 0 Å². The van der Waals surface area contributed by atoms with E-state index < -0.39 is 0 Å². The van der Waals surface area contributed by atoms with Crippen LogP contribution in [0.5, 0.6) is 0 Å². The third-order valence-corrected chi connectivity index (χ3v) is 4.81. The summed E-state index contributed by atoms with van der Waals surface area (Å²) in [5.74, 6) is 0.827. The molecule has 0 aliphatic heterocycles. The van der Waals surface area contributed by atoms with Gasteiger partial charge in [-0.15, -0.1) is 0 Å². The molecule has 1 rings (SSSR count).